The molecule has 31 heavy (non-hydrogen) atoms. The smallest absolute Gasteiger partial charge is 0.226 e. The fraction of sp³-hybridized carbons (Fsp3) is 0.333. The van der Waals surface area contributed by atoms with E-state index in [4.69, 9.17) is 13.9 Å². The van der Waals surface area contributed by atoms with E-state index in [-0.39, 0.29) is 6.04 Å². The fourth-order valence-corrected chi connectivity index (χ4v) is 3.10. The Bertz CT molecular complexity index is 985. The second-order valence-electron chi connectivity index (χ2n) is 6.87. The second-order valence-corrected chi connectivity index (χ2v) is 6.87. The zero-order valence-electron chi connectivity index (χ0n) is 18.5. The van der Waals surface area contributed by atoms with Gasteiger partial charge in [-0.2, -0.15) is 0 Å². The Labute approximate surface area is 183 Å². The SMILES string of the molecule is CCOc1ccc(C(C)NC(=NC)NCc2coc(-c3ccccc3)n2)cc1OCC. The van der Waals surface area contributed by atoms with Crippen LogP contribution in [0, 0.1) is 0 Å². The van der Waals surface area contributed by atoms with Crippen LogP contribution in [-0.4, -0.2) is 31.2 Å². The summed E-state index contributed by atoms with van der Waals surface area (Å²) >= 11 is 0. The highest BCUT2D eigenvalue weighted by molar-refractivity contribution is 5.80. The van der Waals surface area contributed by atoms with Crippen LogP contribution in [0.2, 0.25) is 0 Å². The van der Waals surface area contributed by atoms with Crippen molar-refractivity contribution in [2.45, 2.75) is 33.4 Å². The van der Waals surface area contributed by atoms with E-state index in [0.29, 0.717) is 31.6 Å². The Hall–Kier alpha value is -3.48. The highest BCUT2D eigenvalue weighted by atomic mass is 16.5. The Balaban J connectivity index is 1.61. The molecule has 1 heterocycles. The lowest BCUT2D eigenvalue weighted by Gasteiger charge is -2.19. The van der Waals surface area contributed by atoms with Crippen LogP contribution in [0.1, 0.15) is 38.1 Å². The number of oxazole rings is 1. The molecule has 0 radical (unpaired) electrons. The van der Waals surface area contributed by atoms with Crippen molar-refractivity contribution in [3.63, 3.8) is 0 Å². The zero-order valence-corrected chi connectivity index (χ0v) is 18.5. The van der Waals surface area contributed by atoms with E-state index < -0.39 is 0 Å². The molecular weight excluding hydrogens is 392 g/mol. The number of hydrogen-bond acceptors (Lipinski definition) is 5. The normalized spacial score (nSPS) is 12.3. The van der Waals surface area contributed by atoms with Crippen molar-refractivity contribution in [2.24, 2.45) is 4.99 Å². The lowest BCUT2D eigenvalue weighted by Crippen LogP contribution is -2.38. The van der Waals surface area contributed by atoms with Gasteiger partial charge in [0.25, 0.3) is 0 Å². The summed E-state index contributed by atoms with van der Waals surface area (Å²) in [6, 6.07) is 15.8. The van der Waals surface area contributed by atoms with E-state index in [1.807, 2.05) is 62.4 Å². The van der Waals surface area contributed by atoms with Crippen LogP contribution in [0.4, 0.5) is 0 Å². The van der Waals surface area contributed by atoms with Gasteiger partial charge in [-0.05, 0) is 50.6 Å². The first-order valence-electron chi connectivity index (χ1n) is 10.5. The number of rotatable bonds is 9. The van der Waals surface area contributed by atoms with Crippen molar-refractivity contribution in [3.8, 4) is 23.0 Å². The maximum atomic E-state index is 5.74. The standard InChI is InChI=1S/C24H30N4O3/c1-5-29-21-13-12-19(14-22(21)30-6-2)17(3)27-24(25-4)26-15-20-16-31-23(28-20)18-10-8-7-9-11-18/h7-14,16-17H,5-6,15H2,1-4H3,(H2,25,26,27). The van der Waals surface area contributed by atoms with Gasteiger partial charge in [0.15, 0.2) is 17.5 Å². The Kier molecular flexibility index (Phi) is 7.92. The largest absolute Gasteiger partial charge is 0.490 e. The van der Waals surface area contributed by atoms with Crippen LogP contribution in [0.25, 0.3) is 11.5 Å². The molecule has 164 valence electrons. The summed E-state index contributed by atoms with van der Waals surface area (Å²) in [6.45, 7) is 7.66. The predicted molar refractivity (Wildman–Crippen MR) is 122 cm³/mol. The molecule has 0 bridgehead atoms. The molecular formula is C24H30N4O3. The zero-order chi connectivity index (χ0) is 22.1. The molecule has 0 aliphatic carbocycles. The van der Waals surface area contributed by atoms with Gasteiger partial charge in [0.2, 0.25) is 5.89 Å². The molecule has 0 amide bonds. The fourth-order valence-electron chi connectivity index (χ4n) is 3.10. The number of hydrogen-bond donors (Lipinski definition) is 2. The van der Waals surface area contributed by atoms with Gasteiger partial charge in [0, 0.05) is 12.6 Å². The Morgan fingerprint density at radius 1 is 1.06 bits per heavy atom. The molecule has 2 aromatic carbocycles. The van der Waals surface area contributed by atoms with Crippen LogP contribution in [0.15, 0.2) is 64.2 Å². The number of nitrogens with zero attached hydrogens (tertiary/aromatic N) is 2. The van der Waals surface area contributed by atoms with E-state index in [0.717, 1.165) is 28.3 Å². The maximum absolute atomic E-state index is 5.74. The van der Waals surface area contributed by atoms with Crippen molar-refractivity contribution in [3.05, 3.63) is 66.1 Å². The van der Waals surface area contributed by atoms with Gasteiger partial charge in [-0.1, -0.05) is 24.3 Å². The molecule has 0 aliphatic heterocycles. The monoisotopic (exact) mass is 422 g/mol. The molecule has 0 saturated heterocycles. The Morgan fingerprint density at radius 2 is 1.81 bits per heavy atom. The number of benzene rings is 2. The van der Waals surface area contributed by atoms with Crippen LogP contribution in [0.5, 0.6) is 11.5 Å². The number of aliphatic imine (C=N–C) groups is 1. The van der Waals surface area contributed by atoms with Gasteiger partial charge in [0.05, 0.1) is 31.5 Å². The first-order chi connectivity index (χ1) is 15.1. The Morgan fingerprint density at radius 3 is 2.52 bits per heavy atom. The topological polar surface area (TPSA) is 80.9 Å². The highest BCUT2D eigenvalue weighted by Crippen LogP contribution is 2.30. The molecule has 0 saturated carbocycles. The summed E-state index contributed by atoms with van der Waals surface area (Å²) < 4.78 is 17.0. The van der Waals surface area contributed by atoms with Gasteiger partial charge in [-0.3, -0.25) is 4.99 Å². The molecule has 7 heteroatoms. The third-order valence-electron chi connectivity index (χ3n) is 4.65. The van der Waals surface area contributed by atoms with Crippen LogP contribution < -0.4 is 20.1 Å². The van der Waals surface area contributed by atoms with E-state index in [9.17, 15) is 0 Å². The van der Waals surface area contributed by atoms with E-state index in [2.05, 4.69) is 27.5 Å². The molecule has 2 N–H and O–H groups in total. The lowest BCUT2D eigenvalue weighted by molar-refractivity contribution is 0.287. The van der Waals surface area contributed by atoms with E-state index in [1.54, 1.807) is 13.3 Å². The molecule has 1 unspecified atom stereocenters. The van der Waals surface area contributed by atoms with Crippen LogP contribution in [0.3, 0.4) is 0 Å². The number of ether oxygens (including phenoxy) is 2. The molecule has 0 fully saturated rings. The summed E-state index contributed by atoms with van der Waals surface area (Å²) in [7, 11) is 1.74. The summed E-state index contributed by atoms with van der Waals surface area (Å²) in [5.74, 6) is 2.77. The van der Waals surface area contributed by atoms with Crippen LogP contribution in [-0.2, 0) is 6.54 Å². The third kappa shape index (κ3) is 6.01. The summed E-state index contributed by atoms with van der Waals surface area (Å²) in [4.78, 5) is 8.86. The average molecular weight is 423 g/mol. The number of nitrogens with one attached hydrogen (secondary N) is 2. The van der Waals surface area contributed by atoms with Gasteiger partial charge in [-0.15, -0.1) is 0 Å². The third-order valence-corrected chi connectivity index (χ3v) is 4.65. The van der Waals surface area contributed by atoms with E-state index >= 15 is 0 Å². The average Bonchev–Trinajstić information content (AvgIpc) is 3.27. The van der Waals surface area contributed by atoms with Crippen molar-refractivity contribution in [2.75, 3.05) is 20.3 Å². The summed E-state index contributed by atoms with van der Waals surface area (Å²) in [6.07, 6.45) is 1.66. The first kappa shape index (κ1) is 22.2. The minimum Gasteiger partial charge on any atom is -0.490 e. The van der Waals surface area contributed by atoms with Crippen molar-refractivity contribution >= 4 is 5.96 Å². The van der Waals surface area contributed by atoms with Crippen molar-refractivity contribution in [1.82, 2.24) is 15.6 Å². The molecule has 3 aromatic rings. The quantitative estimate of drug-likeness (QED) is 0.388. The van der Waals surface area contributed by atoms with Crippen LogP contribution >= 0.6 is 0 Å². The highest BCUT2D eigenvalue weighted by Gasteiger charge is 2.13. The molecule has 1 atom stereocenters. The van der Waals surface area contributed by atoms with E-state index in [1.165, 1.54) is 0 Å². The maximum Gasteiger partial charge on any atom is 0.226 e. The molecule has 0 spiro atoms. The molecule has 3 rings (SSSR count). The van der Waals surface area contributed by atoms with Gasteiger partial charge in [-0.25, -0.2) is 4.98 Å². The summed E-state index contributed by atoms with van der Waals surface area (Å²) in [5.41, 5.74) is 2.82. The minimum absolute atomic E-state index is 0.0123. The van der Waals surface area contributed by atoms with Crippen molar-refractivity contribution in [1.29, 1.82) is 0 Å². The molecule has 1 aromatic heterocycles. The summed E-state index contributed by atoms with van der Waals surface area (Å²) in [5, 5.41) is 6.68. The minimum atomic E-state index is 0.0123. The van der Waals surface area contributed by atoms with Crippen molar-refractivity contribution < 1.29 is 13.9 Å². The molecule has 0 aliphatic rings. The number of guanidine groups is 1. The predicted octanol–water partition coefficient (Wildman–Crippen LogP) is 4.57. The van der Waals surface area contributed by atoms with Gasteiger partial charge >= 0.3 is 0 Å². The lowest BCUT2D eigenvalue weighted by atomic mass is 10.1. The number of aromatic nitrogens is 1. The first-order valence-corrected chi connectivity index (χ1v) is 10.5. The second kappa shape index (κ2) is 11.1. The molecule has 7 nitrogen and oxygen atoms in total. The van der Waals surface area contributed by atoms with Gasteiger partial charge in [0.1, 0.15) is 6.26 Å². The van der Waals surface area contributed by atoms with Gasteiger partial charge < -0.3 is 24.5 Å².